The van der Waals surface area contributed by atoms with Crippen LogP contribution in [0, 0.1) is 0 Å². The Morgan fingerprint density at radius 2 is 0.913 bits per heavy atom. The molecular weight excluding hydrogens is 280 g/mol. The van der Waals surface area contributed by atoms with Crippen molar-refractivity contribution in [2.45, 2.75) is 110 Å². The summed E-state index contributed by atoms with van der Waals surface area (Å²) in [7, 11) is 0. The summed E-state index contributed by atoms with van der Waals surface area (Å²) in [6.07, 6.45) is 23.4. The number of hydrogen-bond acceptors (Lipinski definition) is 2. The maximum absolute atomic E-state index is 2.53. The topological polar surface area (TPSA) is 6.48 Å². The summed E-state index contributed by atoms with van der Waals surface area (Å²) in [4.78, 5) is 5.05. The maximum Gasteiger partial charge on any atom is 0.0977 e. The summed E-state index contributed by atoms with van der Waals surface area (Å²) in [5.74, 6) is 0. The van der Waals surface area contributed by atoms with Gasteiger partial charge in [-0.3, -0.25) is 0 Å². The first-order valence-corrected chi connectivity index (χ1v) is 10.5. The molecule has 0 radical (unpaired) electrons. The first kappa shape index (κ1) is 20.4. The van der Waals surface area contributed by atoms with Gasteiger partial charge in [-0.25, -0.2) is 0 Å². The SMILES string of the molecule is CCCCCCCCCCCN1C=CN(CCCCCC)C1C. The van der Waals surface area contributed by atoms with E-state index in [0.717, 1.165) is 0 Å². The van der Waals surface area contributed by atoms with Crippen LogP contribution >= 0.6 is 0 Å². The monoisotopic (exact) mass is 322 g/mol. The van der Waals surface area contributed by atoms with E-state index in [-0.39, 0.29) is 0 Å². The Balaban J connectivity index is 1.96. The highest BCUT2D eigenvalue weighted by atomic mass is 15.4. The summed E-state index contributed by atoms with van der Waals surface area (Å²) in [6, 6.07) is 0. The van der Waals surface area contributed by atoms with E-state index in [1.54, 1.807) is 0 Å². The van der Waals surface area contributed by atoms with Gasteiger partial charge in [0.05, 0.1) is 6.17 Å². The quantitative estimate of drug-likeness (QED) is 0.316. The average Bonchev–Trinajstić information content (AvgIpc) is 2.90. The van der Waals surface area contributed by atoms with Crippen molar-refractivity contribution in [2.24, 2.45) is 0 Å². The molecule has 1 atom stereocenters. The highest BCUT2D eigenvalue weighted by Crippen LogP contribution is 2.18. The van der Waals surface area contributed by atoms with Crippen LogP contribution in [0.15, 0.2) is 12.4 Å². The fraction of sp³-hybridized carbons (Fsp3) is 0.905. The second-order valence-electron chi connectivity index (χ2n) is 7.29. The van der Waals surface area contributed by atoms with Crippen LogP contribution in [0.3, 0.4) is 0 Å². The van der Waals surface area contributed by atoms with Crippen LogP contribution in [0.4, 0.5) is 0 Å². The lowest BCUT2D eigenvalue weighted by Gasteiger charge is -2.29. The van der Waals surface area contributed by atoms with Crippen LogP contribution in [0.5, 0.6) is 0 Å². The second-order valence-corrected chi connectivity index (χ2v) is 7.29. The van der Waals surface area contributed by atoms with Gasteiger partial charge in [0.15, 0.2) is 0 Å². The third kappa shape index (κ3) is 9.27. The van der Waals surface area contributed by atoms with Gasteiger partial charge < -0.3 is 9.80 Å². The molecular formula is C21H42N2. The third-order valence-electron chi connectivity index (χ3n) is 5.20. The molecule has 0 spiro atoms. The van der Waals surface area contributed by atoms with Crippen molar-refractivity contribution in [3.63, 3.8) is 0 Å². The van der Waals surface area contributed by atoms with Crippen LogP contribution in [0.25, 0.3) is 0 Å². The summed E-state index contributed by atoms with van der Waals surface area (Å²) in [5.41, 5.74) is 0. The fourth-order valence-electron chi connectivity index (χ4n) is 3.46. The molecule has 1 rings (SSSR count). The van der Waals surface area contributed by atoms with Crippen molar-refractivity contribution in [1.82, 2.24) is 9.80 Å². The molecule has 0 aliphatic carbocycles. The van der Waals surface area contributed by atoms with Crippen molar-refractivity contribution in [3.8, 4) is 0 Å². The van der Waals surface area contributed by atoms with Gasteiger partial charge in [-0.1, -0.05) is 84.5 Å². The molecule has 136 valence electrons. The number of rotatable bonds is 15. The first-order valence-electron chi connectivity index (χ1n) is 10.5. The van der Waals surface area contributed by atoms with Crippen molar-refractivity contribution in [2.75, 3.05) is 13.1 Å². The molecule has 1 heterocycles. The molecule has 2 nitrogen and oxygen atoms in total. The van der Waals surface area contributed by atoms with E-state index >= 15 is 0 Å². The van der Waals surface area contributed by atoms with E-state index in [4.69, 9.17) is 0 Å². The second kappa shape index (κ2) is 13.7. The van der Waals surface area contributed by atoms with Gasteiger partial charge >= 0.3 is 0 Å². The molecule has 0 aromatic rings. The maximum atomic E-state index is 2.53. The van der Waals surface area contributed by atoms with Gasteiger partial charge in [0.2, 0.25) is 0 Å². The zero-order chi connectivity index (χ0) is 16.8. The average molecular weight is 323 g/mol. The number of hydrogen-bond donors (Lipinski definition) is 0. The van der Waals surface area contributed by atoms with Gasteiger partial charge in [0.25, 0.3) is 0 Å². The summed E-state index contributed by atoms with van der Waals surface area (Å²) in [6.45, 7) is 9.39. The van der Waals surface area contributed by atoms with Crippen LogP contribution in [-0.4, -0.2) is 29.1 Å². The zero-order valence-corrected chi connectivity index (χ0v) is 16.2. The van der Waals surface area contributed by atoms with Crippen LogP contribution in [0.1, 0.15) is 104 Å². The van der Waals surface area contributed by atoms with Crippen molar-refractivity contribution < 1.29 is 0 Å². The zero-order valence-electron chi connectivity index (χ0n) is 16.2. The highest BCUT2D eigenvalue weighted by molar-refractivity contribution is 4.95. The molecule has 0 aromatic heterocycles. The summed E-state index contributed by atoms with van der Waals surface area (Å²) < 4.78 is 0. The van der Waals surface area contributed by atoms with Crippen LogP contribution in [0.2, 0.25) is 0 Å². The highest BCUT2D eigenvalue weighted by Gasteiger charge is 2.20. The smallest absolute Gasteiger partial charge is 0.0977 e. The van der Waals surface area contributed by atoms with E-state index in [1.807, 2.05) is 0 Å². The normalized spacial score (nSPS) is 17.4. The van der Waals surface area contributed by atoms with E-state index < -0.39 is 0 Å². The van der Waals surface area contributed by atoms with Gasteiger partial charge in [-0.05, 0) is 19.8 Å². The Kier molecular flexibility index (Phi) is 12.2. The van der Waals surface area contributed by atoms with E-state index in [2.05, 4.69) is 43.0 Å². The minimum absolute atomic E-state index is 0.575. The molecule has 0 bridgehead atoms. The Hall–Kier alpha value is -0.660. The lowest BCUT2D eigenvalue weighted by molar-refractivity contribution is 0.165. The number of unbranched alkanes of at least 4 members (excludes halogenated alkanes) is 11. The molecule has 0 amide bonds. The Morgan fingerprint density at radius 1 is 0.565 bits per heavy atom. The third-order valence-corrected chi connectivity index (χ3v) is 5.20. The van der Waals surface area contributed by atoms with E-state index in [0.29, 0.717) is 6.17 Å². The van der Waals surface area contributed by atoms with Crippen molar-refractivity contribution in [3.05, 3.63) is 12.4 Å². The predicted octanol–water partition coefficient (Wildman–Crippen LogP) is 6.53. The predicted molar refractivity (Wildman–Crippen MR) is 103 cm³/mol. The summed E-state index contributed by atoms with van der Waals surface area (Å²) >= 11 is 0. The lowest BCUT2D eigenvalue weighted by atomic mass is 10.1. The standard InChI is InChI=1S/C21H42N2/c1-4-6-8-10-11-12-13-14-16-18-23-20-19-22(21(23)3)17-15-9-7-5-2/h19-21H,4-18H2,1-3H3. The van der Waals surface area contributed by atoms with E-state index in [9.17, 15) is 0 Å². The molecule has 0 fully saturated rings. The minimum atomic E-state index is 0.575. The Morgan fingerprint density at radius 3 is 1.35 bits per heavy atom. The molecule has 0 saturated carbocycles. The van der Waals surface area contributed by atoms with Gasteiger partial charge in [-0.15, -0.1) is 0 Å². The Labute approximate surface area is 146 Å². The molecule has 23 heavy (non-hydrogen) atoms. The molecule has 2 heteroatoms. The van der Waals surface area contributed by atoms with Gasteiger partial charge in [0, 0.05) is 25.5 Å². The van der Waals surface area contributed by atoms with Gasteiger partial charge in [0.1, 0.15) is 0 Å². The minimum Gasteiger partial charge on any atom is -0.356 e. The van der Waals surface area contributed by atoms with Gasteiger partial charge in [-0.2, -0.15) is 0 Å². The molecule has 1 aliphatic heterocycles. The molecule has 0 aromatic carbocycles. The number of nitrogens with zero attached hydrogens (tertiary/aromatic N) is 2. The van der Waals surface area contributed by atoms with Crippen LogP contribution in [-0.2, 0) is 0 Å². The Bertz CT molecular complexity index is 288. The van der Waals surface area contributed by atoms with Crippen molar-refractivity contribution in [1.29, 1.82) is 0 Å². The molecule has 1 unspecified atom stereocenters. The first-order chi connectivity index (χ1) is 11.3. The summed E-state index contributed by atoms with van der Waals surface area (Å²) in [5, 5.41) is 0. The fourth-order valence-corrected chi connectivity index (χ4v) is 3.46. The molecule has 1 aliphatic rings. The lowest BCUT2D eigenvalue weighted by Crippen LogP contribution is -2.36. The van der Waals surface area contributed by atoms with Crippen LogP contribution < -0.4 is 0 Å². The largest absolute Gasteiger partial charge is 0.356 e. The molecule has 0 saturated heterocycles. The molecule has 0 N–H and O–H groups in total. The van der Waals surface area contributed by atoms with Crippen molar-refractivity contribution >= 4 is 0 Å². The van der Waals surface area contributed by atoms with E-state index in [1.165, 1.54) is 96.6 Å².